The lowest BCUT2D eigenvalue weighted by molar-refractivity contribution is -0.133. The van der Waals surface area contributed by atoms with Gasteiger partial charge in [0.15, 0.2) is 15.7 Å². The normalized spacial score (nSPS) is 11.9. The molecule has 12 heteroatoms. The van der Waals surface area contributed by atoms with Crippen molar-refractivity contribution in [2.24, 2.45) is 0 Å². The van der Waals surface area contributed by atoms with Crippen molar-refractivity contribution in [1.29, 1.82) is 0 Å². The van der Waals surface area contributed by atoms with Crippen LogP contribution in [0.4, 0.5) is 11.5 Å². The summed E-state index contributed by atoms with van der Waals surface area (Å²) in [4.78, 5) is 23.4. The predicted octanol–water partition coefficient (Wildman–Crippen LogP) is 5.95. The molecule has 0 fully saturated rings. The minimum absolute atomic E-state index is 0.313. The SMILES string of the molecule is CCN(CCn1ccc2ncnc(Nc3ccc(Oc4cccc(Cl)c4)c(Cl)c3)c21)C(=O)C(C)(C)S(C)(=O)=O. The number of halogens is 2. The number of nitrogens with zero attached hydrogens (tertiary/aromatic N) is 4. The summed E-state index contributed by atoms with van der Waals surface area (Å²) in [5.74, 6) is 1.16. The number of anilines is 2. The first-order chi connectivity index (χ1) is 18.4. The van der Waals surface area contributed by atoms with Crippen LogP contribution in [0.15, 0.2) is 61.1 Å². The highest BCUT2D eigenvalue weighted by molar-refractivity contribution is 7.92. The Hall–Kier alpha value is -3.34. The van der Waals surface area contributed by atoms with E-state index >= 15 is 0 Å². The van der Waals surface area contributed by atoms with Crippen LogP contribution in [-0.2, 0) is 21.2 Å². The predicted molar refractivity (Wildman–Crippen MR) is 155 cm³/mol. The van der Waals surface area contributed by atoms with Crippen LogP contribution in [0.1, 0.15) is 20.8 Å². The van der Waals surface area contributed by atoms with Crippen LogP contribution in [0.3, 0.4) is 0 Å². The van der Waals surface area contributed by atoms with Gasteiger partial charge < -0.3 is 19.5 Å². The molecule has 1 N–H and O–H groups in total. The topological polar surface area (TPSA) is 106 Å². The molecule has 0 spiro atoms. The van der Waals surface area contributed by atoms with E-state index in [0.717, 1.165) is 11.8 Å². The van der Waals surface area contributed by atoms with Gasteiger partial charge in [0.25, 0.3) is 0 Å². The van der Waals surface area contributed by atoms with Crippen LogP contribution in [0.5, 0.6) is 11.5 Å². The number of ether oxygens (including phenoxy) is 1. The van der Waals surface area contributed by atoms with Crippen LogP contribution in [-0.4, -0.2) is 57.9 Å². The number of carbonyl (C=O) groups is 1. The molecule has 0 aliphatic rings. The molecule has 0 aliphatic heterocycles. The molecule has 0 saturated heterocycles. The van der Waals surface area contributed by atoms with Crippen molar-refractivity contribution in [3.05, 3.63) is 71.1 Å². The lowest BCUT2D eigenvalue weighted by atomic mass is 10.1. The van der Waals surface area contributed by atoms with Crippen molar-refractivity contribution in [1.82, 2.24) is 19.4 Å². The molecule has 0 unspecified atom stereocenters. The molecule has 206 valence electrons. The third kappa shape index (κ3) is 6.29. The minimum Gasteiger partial charge on any atom is -0.456 e. The highest BCUT2D eigenvalue weighted by Gasteiger charge is 2.40. The molecule has 4 aromatic rings. The molecule has 0 atom stereocenters. The smallest absolute Gasteiger partial charge is 0.243 e. The second-order valence-electron chi connectivity index (χ2n) is 9.46. The monoisotopic (exact) mass is 589 g/mol. The zero-order chi connectivity index (χ0) is 28.4. The summed E-state index contributed by atoms with van der Waals surface area (Å²) in [5, 5.41) is 4.24. The van der Waals surface area contributed by atoms with Crippen LogP contribution in [0, 0.1) is 0 Å². The Morgan fingerprint density at radius 2 is 1.90 bits per heavy atom. The fourth-order valence-electron chi connectivity index (χ4n) is 3.94. The number of amides is 1. The van der Waals surface area contributed by atoms with E-state index in [0.29, 0.717) is 58.2 Å². The first-order valence-electron chi connectivity index (χ1n) is 12.2. The van der Waals surface area contributed by atoms with Crippen molar-refractivity contribution in [3.63, 3.8) is 0 Å². The number of benzene rings is 2. The highest BCUT2D eigenvalue weighted by Crippen LogP contribution is 2.34. The molecule has 39 heavy (non-hydrogen) atoms. The van der Waals surface area contributed by atoms with Crippen LogP contribution >= 0.6 is 23.2 Å². The number of rotatable bonds is 10. The maximum Gasteiger partial charge on any atom is 0.243 e. The van der Waals surface area contributed by atoms with Crippen molar-refractivity contribution >= 4 is 61.5 Å². The first-order valence-corrected chi connectivity index (χ1v) is 14.8. The van der Waals surface area contributed by atoms with Gasteiger partial charge in [-0.2, -0.15) is 0 Å². The maximum absolute atomic E-state index is 13.0. The molecule has 2 aromatic carbocycles. The Morgan fingerprint density at radius 3 is 2.56 bits per heavy atom. The number of sulfone groups is 1. The lowest BCUT2D eigenvalue weighted by Crippen LogP contribution is -2.50. The number of aromatic nitrogens is 3. The molecule has 0 radical (unpaired) electrons. The second kappa shape index (κ2) is 11.4. The Balaban J connectivity index is 1.54. The molecule has 0 bridgehead atoms. The molecule has 2 heterocycles. The van der Waals surface area contributed by atoms with Crippen molar-refractivity contribution in [3.8, 4) is 11.5 Å². The standard InChI is InChI=1S/C27H29Cl2N5O4S/c1-5-33(26(35)27(2,3)39(4,36)37)13-14-34-12-11-22-24(34)25(31-17-30-22)32-19-9-10-23(21(29)16-19)38-20-8-6-7-18(28)15-20/h6-12,15-17H,5,13-14H2,1-4H3,(H,30,31,32). The maximum atomic E-state index is 13.0. The fraction of sp³-hybridized carbons (Fsp3) is 0.296. The second-order valence-corrected chi connectivity index (χ2v) is 12.9. The van der Waals surface area contributed by atoms with E-state index in [9.17, 15) is 13.2 Å². The molecular weight excluding hydrogens is 561 g/mol. The van der Waals surface area contributed by atoms with Crippen molar-refractivity contribution in [2.75, 3.05) is 24.7 Å². The van der Waals surface area contributed by atoms with Crippen LogP contribution in [0.2, 0.25) is 10.0 Å². The van der Waals surface area contributed by atoms with Gasteiger partial charge in [-0.25, -0.2) is 18.4 Å². The van der Waals surface area contributed by atoms with E-state index in [2.05, 4.69) is 15.3 Å². The Bertz CT molecular complexity index is 1620. The average Bonchev–Trinajstić information content (AvgIpc) is 3.29. The van der Waals surface area contributed by atoms with Crippen molar-refractivity contribution in [2.45, 2.75) is 32.1 Å². The van der Waals surface area contributed by atoms with E-state index in [1.807, 2.05) is 29.8 Å². The van der Waals surface area contributed by atoms with Gasteiger partial charge in [-0.15, -0.1) is 0 Å². The van der Waals surface area contributed by atoms with Gasteiger partial charge in [0.05, 0.1) is 10.5 Å². The Kier molecular flexibility index (Phi) is 8.39. The number of fused-ring (bicyclic) bond motifs is 1. The molecule has 1 amide bonds. The van der Waals surface area contributed by atoms with E-state index in [1.165, 1.54) is 20.2 Å². The van der Waals surface area contributed by atoms with Gasteiger partial charge in [0, 0.05) is 42.8 Å². The summed E-state index contributed by atoms with van der Waals surface area (Å²) < 4.78 is 30.7. The highest BCUT2D eigenvalue weighted by atomic mass is 35.5. The van der Waals surface area contributed by atoms with Gasteiger partial charge in [-0.1, -0.05) is 29.3 Å². The van der Waals surface area contributed by atoms with Gasteiger partial charge in [-0.3, -0.25) is 4.79 Å². The van der Waals surface area contributed by atoms with Gasteiger partial charge in [0.1, 0.15) is 28.1 Å². The van der Waals surface area contributed by atoms with E-state index in [1.54, 1.807) is 41.3 Å². The van der Waals surface area contributed by atoms with Crippen molar-refractivity contribution < 1.29 is 17.9 Å². The lowest BCUT2D eigenvalue weighted by Gasteiger charge is -2.30. The third-order valence-corrected chi connectivity index (χ3v) is 9.05. The van der Waals surface area contributed by atoms with Crippen LogP contribution < -0.4 is 10.1 Å². The fourth-order valence-corrected chi connectivity index (χ4v) is 4.78. The molecule has 2 aromatic heterocycles. The summed E-state index contributed by atoms with van der Waals surface area (Å²) >= 11 is 12.5. The minimum atomic E-state index is -3.58. The molecule has 0 saturated carbocycles. The third-order valence-electron chi connectivity index (χ3n) is 6.49. The van der Waals surface area contributed by atoms with Gasteiger partial charge >= 0.3 is 0 Å². The summed E-state index contributed by atoms with van der Waals surface area (Å²) in [6, 6.07) is 14.2. The summed E-state index contributed by atoms with van der Waals surface area (Å²) in [7, 11) is -3.58. The number of hydrogen-bond acceptors (Lipinski definition) is 7. The zero-order valence-corrected chi connectivity index (χ0v) is 24.3. The Morgan fingerprint density at radius 1 is 1.13 bits per heavy atom. The molecule has 4 rings (SSSR count). The molecular formula is C27H29Cl2N5O4S. The van der Waals surface area contributed by atoms with Gasteiger partial charge in [-0.05, 0) is 63.2 Å². The van der Waals surface area contributed by atoms with Gasteiger partial charge in [0.2, 0.25) is 5.91 Å². The van der Waals surface area contributed by atoms with Crippen LogP contribution in [0.25, 0.3) is 11.0 Å². The number of nitrogens with one attached hydrogen (secondary N) is 1. The molecule has 0 aliphatic carbocycles. The van der Waals surface area contributed by atoms with E-state index in [4.69, 9.17) is 27.9 Å². The molecule has 9 nitrogen and oxygen atoms in total. The average molecular weight is 591 g/mol. The number of hydrogen-bond donors (Lipinski definition) is 1. The quantitative estimate of drug-likeness (QED) is 0.244. The number of carbonyl (C=O) groups excluding carboxylic acids is 1. The number of likely N-dealkylation sites (N-methyl/N-ethyl adjacent to an activating group) is 1. The first kappa shape index (κ1) is 28.7. The zero-order valence-electron chi connectivity index (χ0n) is 22.0. The van der Waals surface area contributed by atoms with E-state index in [-0.39, 0.29) is 0 Å². The van der Waals surface area contributed by atoms with E-state index < -0.39 is 20.5 Å². The Labute approximate surface area is 237 Å². The summed E-state index contributed by atoms with van der Waals surface area (Å²) in [6.07, 6.45) is 4.40. The summed E-state index contributed by atoms with van der Waals surface area (Å²) in [5.41, 5.74) is 2.13. The largest absolute Gasteiger partial charge is 0.456 e. The summed E-state index contributed by atoms with van der Waals surface area (Å²) in [6.45, 7) is 5.80.